The first-order chi connectivity index (χ1) is 9.05. The number of halogens is 3. The fourth-order valence-corrected chi connectivity index (χ4v) is 2.17. The molecule has 7 heteroatoms. The van der Waals surface area contributed by atoms with Crippen molar-refractivity contribution in [2.24, 2.45) is 0 Å². The maximum Gasteiger partial charge on any atom is 0.401 e. The number of nitrogens with one attached hydrogen (secondary N) is 1. The van der Waals surface area contributed by atoms with Gasteiger partial charge < -0.3 is 10.4 Å². The van der Waals surface area contributed by atoms with Crippen LogP contribution in [-0.4, -0.2) is 53.4 Å². The molecule has 0 aliphatic heterocycles. The quantitative estimate of drug-likeness (QED) is 0.687. The number of aliphatic carboxylic acids is 1. The van der Waals surface area contributed by atoms with Gasteiger partial charge in [-0.05, 0) is 39.8 Å². The molecule has 0 heterocycles. The van der Waals surface area contributed by atoms with Gasteiger partial charge in [0.05, 0.1) is 6.54 Å². The van der Waals surface area contributed by atoms with Gasteiger partial charge in [0.25, 0.3) is 0 Å². The number of carboxylic acids is 1. The van der Waals surface area contributed by atoms with Crippen molar-refractivity contribution in [2.75, 3.05) is 19.6 Å². The highest BCUT2D eigenvalue weighted by atomic mass is 19.4. The average molecular weight is 298 g/mol. The van der Waals surface area contributed by atoms with Gasteiger partial charge in [-0.15, -0.1) is 0 Å². The topological polar surface area (TPSA) is 52.6 Å². The van der Waals surface area contributed by atoms with Crippen LogP contribution in [0.5, 0.6) is 0 Å². The Morgan fingerprint density at radius 1 is 1.35 bits per heavy atom. The third-order valence-electron chi connectivity index (χ3n) is 3.35. The Bertz CT molecular complexity index is 310. The maximum atomic E-state index is 12.5. The maximum absolute atomic E-state index is 12.5. The predicted octanol–water partition coefficient (Wildman–Crippen LogP) is 2.49. The molecule has 0 aliphatic carbocycles. The molecule has 0 aromatic rings. The second-order valence-electron chi connectivity index (χ2n) is 5.30. The van der Waals surface area contributed by atoms with Gasteiger partial charge in [-0.2, -0.15) is 13.2 Å². The van der Waals surface area contributed by atoms with Crippen LogP contribution in [0, 0.1) is 0 Å². The molecule has 0 amide bonds. The molecule has 0 rings (SSSR count). The first kappa shape index (κ1) is 19.2. The molecule has 0 saturated carbocycles. The summed E-state index contributed by atoms with van der Waals surface area (Å²) in [7, 11) is 0. The molecular weight excluding hydrogens is 273 g/mol. The highest BCUT2D eigenvalue weighted by Crippen LogP contribution is 2.22. The summed E-state index contributed by atoms with van der Waals surface area (Å²) in [5.74, 6) is -1.04. The lowest BCUT2D eigenvalue weighted by atomic mass is 9.92. The molecule has 0 aliphatic rings. The van der Waals surface area contributed by atoms with E-state index in [-0.39, 0.29) is 13.0 Å². The summed E-state index contributed by atoms with van der Waals surface area (Å²) in [5.41, 5.74) is -1.21. The third kappa shape index (κ3) is 6.56. The van der Waals surface area contributed by atoms with E-state index in [4.69, 9.17) is 0 Å². The van der Waals surface area contributed by atoms with Crippen molar-refractivity contribution in [3.05, 3.63) is 0 Å². The highest BCUT2D eigenvalue weighted by Gasteiger charge is 2.38. The van der Waals surface area contributed by atoms with Crippen molar-refractivity contribution in [1.29, 1.82) is 0 Å². The Hall–Kier alpha value is -0.820. The second-order valence-corrected chi connectivity index (χ2v) is 5.30. The standard InChI is InChI=1S/C13H25F3N2O2/c1-5-7-17-12(4,11(19)20)8-10(3)18(6-2)9-13(14,15)16/h10,17H,5-9H2,1-4H3,(H,19,20). The average Bonchev–Trinajstić information content (AvgIpc) is 2.31. The lowest BCUT2D eigenvalue weighted by Gasteiger charge is -2.35. The Kier molecular flexibility index (Phi) is 7.51. The summed E-state index contributed by atoms with van der Waals surface area (Å²) >= 11 is 0. The minimum Gasteiger partial charge on any atom is -0.480 e. The van der Waals surface area contributed by atoms with Crippen molar-refractivity contribution < 1.29 is 23.1 Å². The molecule has 0 fully saturated rings. The molecule has 0 saturated heterocycles. The molecule has 4 nitrogen and oxygen atoms in total. The largest absolute Gasteiger partial charge is 0.480 e. The van der Waals surface area contributed by atoms with Gasteiger partial charge in [0, 0.05) is 6.04 Å². The zero-order valence-electron chi connectivity index (χ0n) is 12.5. The number of alkyl halides is 3. The second kappa shape index (κ2) is 7.83. The van der Waals surface area contributed by atoms with Crippen LogP contribution in [0.25, 0.3) is 0 Å². The third-order valence-corrected chi connectivity index (χ3v) is 3.35. The molecule has 2 N–H and O–H groups in total. The summed E-state index contributed by atoms with van der Waals surface area (Å²) < 4.78 is 37.4. The minimum atomic E-state index is -4.28. The molecule has 0 aromatic carbocycles. The van der Waals surface area contributed by atoms with E-state index in [0.717, 1.165) is 6.42 Å². The zero-order valence-corrected chi connectivity index (χ0v) is 12.5. The first-order valence-corrected chi connectivity index (χ1v) is 6.85. The van der Waals surface area contributed by atoms with E-state index < -0.39 is 30.3 Å². The number of nitrogens with zero attached hydrogens (tertiary/aromatic N) is 1. The lowest BCUT2D eigenvalue weighted by molar-refractivity contribution is -0.153. The number of hydrogen-bond acceptors (Lipinski definition) is 3. The van der Waals surface area contributed by atoms with Crippen LogP contribution >= 0.6 is 0 Å². The Morgan fingerprint density at radius 2 is 1.90 bits per heavy atom. The van der Waals surface area contributed by atoms with Gasteiger partial charge >= 0.3 is 12.1 Å². The molecular formula is C13H25F3N2O2. The normalized spacial score (nSPS) is 17.0. The van der Waals surface area contributed by atoms with Gasteiger partial charge in [-0.1, -0.05) is 13.8 Å². The summed E-state index contributed by atoms with van der Waals surface area (Å²) in [6, 6.07) is -0.480. The van der Waals surface area contributed by atoms with Crippen LogP contribution in [0.15, 0.2) is 0 Å². The van der Waals surface area contributed by atoms with Crippen LogP contribution in [0.1, 0.15) is 40.5 Å². The van der Waals surface area contributed by atoms with E-state index in [2.05, 4.69) is 5.32 Å². The van der Waals surface area contributed by atoms with Gasteiger partial charge in [0.15, 0.2) is 0 Å². The van der Waals surface area contributed by atoms with Crippen LogP contribution < -0.4 is 5.32 Å². The van der Waals surface area contributed by atoms with E-state index in [9.17, 15) is 23.1 Å². The number of rotatable bonds is 9. The van der Waals surface area contributed by atoms with Gasteiger partial charge in [0.1, 0.15) is 5.54 Å². The lowest BCUT2D eigenvalue weighted by Crippen LogP contribution is -2.54. The monoisotopic (exact) mass is 298 g/mol. The molecule has 2 atom stereocenters. The van der Waals surface area contributed by atoms with Gasteiger partial charge in [-0.3, -0.25) is 9.69 Å². The molecule has 0 radical (unpaired) electrons. The molecule has 120 valence electrons. The Morgan fingerprint density at radius 3 is 2.25 bits per heavy atom. The number of carbonyl (C=O) groups is 1. The van der Waals surface area contributed by atoms with E-state index in [1.165, 1.54) is 11.8 Å². The van der Waals surface area contributed by atoms with Crippen molar-refractivity contribution in [3.8, 4) is 0 Å². The number of hydrogen-bond donors (Lipinski definition) is 2. The van der Waals surface area contributed by atoms with Crippen molar-refractivity contribution in [3.63, 3.8) is 0 Å². The van der Waals surface area contributed by atoms with Crippen LogP contribution in [0.4, 0.5) is 13.2 Å². The van der Waals surface area contributed by atoms with Gasteiger partial charge in [-0.25, -0.2) is 0 Å². The van der Waals surface area contributed by atoms with E-state index >= 15 is 0 Å². The van der Waals surface area contributed by atoms with Crippen LogP contribution in [0.3, 0.4) is 0 Å². The molecule has 0 bridgehead atoms. The summed E-state index contributed by atoms with van der Waals surface area (Å²) in [5, 5.41) is 12.2. The van der Waals surface area contributed by atoms with E-state index in [0.29, 0.717) is 6.54 Å². The minimum absolute atomic E-state index is 0.117. The Balaban J connectivity index is 4.80. The van der Waals surface area contributed by atoms with Crippen LogP contribution in [0.2, 0.25) is 0 Å². The predicted molar refractivity (Wildman–Crippen MR) is 71.7 cm³/mol. The van der Waals surface area contributed by atoms with Crippen LogP contribution in [-0.2, 0) is 4.79 Å². The molecule has 0 spiro atoms. The Labute approximate surface area is 118 Å². The SMILES string of the molecule is CCCNC(C)(CC(C)N(CC)CC(F)(F)F)C(=O)O. The van der Waals surface area contributed by atoms with E-state index in [1.54, 1.807) is 13.8 Å². The van der Waals surface area contributed by atoms with Gasteiger partial charge in [0.2, 0.25) is 0 Å². The summed E-state index contributed by atoms with van der Waals surface area (Å²) in [6.45, 7) is 6.41. The van der Waals surface area contributed by atoms with E-state index in [1.807, 2.05) is 6.92 Å². The fraction of sp³-hybridized carbons (Fsp3) is 0.923. The first-order valence-electron chi connectivity index (χ1n) is 6.85. The molecule has 2 unspecified atom stereocenters. The highest BCUT2D eigenvalue weighted by molar-refractivity contribution is 5.78. The molecule has 20 heavy (non-hydrogen) atoms. The summed E-state index contributed by atoms with van der Waals surface area (Å²) in [6.07, 6.45) is -3.40. The zero-order chi connectivity index (χ0) is 16.0. The number of carboxylic acid groups (broad SMARTS) is 1. The summed E-state index contributed by atoms with van der Waals surface area (Å²) in [4.78, 5) is 12.6. The smallest absolute Gasteiger partial charge is 0.401 e. The van der Waals surface area contributed by atoms with Crippen molar-refractivity contribution >= 4 is 5.97 Å². The van der Waals surface area contributed by atoms with Crippen molar-refractivity contribution in [1.82, 2.24) is 10.2 Å². The molecule has 0 aromatic heterocycles. The van der Waals surface area contributed by atoms with Crippen molar-refractivity contribution in [2.45, 2.75) is 58.3 Å². The fourth-order valence-electron chi connectivity index (χ4n) is 2.17.